The highest BCUT2D eigenvalue weighted by Crippen LogP contribution is 2.45. The van der Waals surface area contributed by atoms with Gasteiger partial charge in [0, 0.05) is 25.2 Å². The molecule has 9 heteroatoms. The molecule has 3 heterocycles. The lowest BCUT2D eigenvalue weighted by molar-refractivity contribution is -0.124. The number of Topliss-reactive ketones (excluding diaryl/α,β-unsaturated/α-hetero) is 1. The first kappa shape index (κ1) is 44.3. The van der Waals surface area contributed by atoms with Gasteiger partial charge in [-0.2, -0.15) is 0 Å². The largest absolute Gasteiger partial charge is 0.504 e. The molecule has 4 aliphatic rings. The van der Waals surface area contributed by atoms with Crippen molar-refractivity contribution in [2.75, 3.05) is 33.4 Å². The van der Waals surface area contributed by atoms with E-state index in [1.54, 1.807) is 12.1 Å². The second-order valence-corrected chi connectivity index (χ2v) is 17.7. The summed E-state index contributed by atoms with van der Waals surface area (Å²) < 4.78 is 5.46. The lowest BCUT2D eigenvalue weighted by atomic mass is 9.61. The fourth-order valence-electron chi connectivity index (χ4n) is 10.5. The lowest BCUT2D eigenvalue weighted by Crippen LogP contribution is -2.55. The highest BCUT2D eigenvalue weighted by Gasteiger charge is 2.44. The minimum Gasteiger partial charge on any atom is -0.504 e. The highest BCUT2D eigenvalue weighted by molar-refractivity contribution is 6.07. The number of hydrogen-bond acceptors (Lipinski definition) is 9. The molecule has 1 unspecified atom stereocenters. The number of methoxy groups -OCH3 is 1. The van der Waals surface area contributed by atoms with E-state index in [1.165, 1.54) is 49.1 Å². The van der Waals surface area contributed by atoms with Crippen LogP contribution >= 0.6 is 0 Å². The molecule has 0 aromatic heterocycles. The number of phenolic OH excluding ortho intramolecular Hbond substituents is 1. The average Bonchev–Trinajstić information content (AvgIpc) is 3.27. The molecular formula is C52H66N4O5. The molecule has 2 fully saturated rings. The first-order chi connectivity index (χ1) is 29.8. The lowest BCUT2D eigenvalue weighted by Gasteiger charge is -2.50. The Labute approximate surface area is 362 Å². The molecule has 0 radical (unpaired) electrons. The third-order valence-corrected chi connectivity index (χ3v) is 13.5. The van der Waals surface area contributed by atoms with E-state index in [0.29, 0.717) is 41.9 Å². The van der Waals surface area contributed by atoms with E-state index in [4.69, 9.17) is 10.5 Å². The second kappa shape index (κ2) is 21.8. The van der Waals surface area contributed by atoms with Crippen molar-refractivity contribution in [2.45, 2.75) is 95.7 Å². The van der Waals surface area contributed by atoms with Gasteiger partial charge in [0.25, 0.3) is 0 Å². The number of nitrogens with two attached hydrogens (primary N) is 1. The average molecular weight is 827 g/mol. The smallest absolute Gasteiger partial charge is 0.163 e. The molecule has 7 N–H and O–H groups in total. The number of aromatic hydroxyl groups is 1. The Morgan fingerprint density at radius 1 is 0.934 bits per heavy atom. The molecule has 1 aliphatic carbocycles. The Morgan fingerprint density at radius 3 is 2.52 bits per heavy atom. The predicted molar refractivity (Wildman–Crippen MR) is 244 cm³/mol. The van der Waals surface area contributed by atoms with Gasteiger partial charge in [-0.25, -0.2) is 0 Å². The van der Waals surface area contributed by atoms with Crippen LogP contribution in [0.2, 0.25) is 0 Å². The number of benzene rings is 3. The SMILES string of the molecule is COc1cc(/C(=C/C(=O)CC(=O)CCCCC[C@@H]2[C@H]3CCNC[C@H]3C[C@@H]3C=CCN[C@@H]23)CO)c(CC2=CNC(N)C=C2CCc2cccc(CCc3ccccc3)c2)cc1O. The number of rotatable bonds is 20. The molecule has 1 saturated carbocycles. The Bertz CT molecular complexity index is 2090. The van der Waals surface area contributed by atoms with Gasteiger partial charge in [-0.15, -0.1) is 0 Å². The number of aryl methyl sites for hydroxylation is 3. The van der Waals surface area contributed by atoms with Crippen LogP contribution in [0.1, 0.15) is 85.6 Å². The van der Waals surface area contributed by atoms with Crippen molar-refractivity contribution >= 4 is 17.1 Å². The van der Waals surface area contributed by atoms with Gasteiger partial charge in [-0.1, -0.05) is 79.6 Å². The molecule has 3 aromatic rings. The van der Waals surface area contributed by atoms with Crippen molar-refractivity contribution < 1.29 is 24.5 Å². The van der Waals surface area contributed by atoms with Gasteiger partial charge >= 0.3 is 0 Å². The quantitative estimate of drug-likeness (QED) is 0.0299. The predicted octanol–water partition coefficient (Wildman–Crippen LogP) is 7.30. The summed E-state index contributed by atoms with van der Waals surface area (Å²) in [7, 11) is 1.47. The van der Waals surface area contributed by atoms with Crippen LogP contribution in [0.5, 0.6) is 11.5 Å². The molecule has 3 aromatic carbocycles. The summed E-state index contributed by atoms with van der Waals surface area (Å²) in [6.45, 7) is 2.78. The zero-order chi connectivity index (χ0) is 42.6. The minimum atomic E-state index is -0.419. The summed E-state index contributed by atoms with van der Waals surface area (Å²) in [5.41, 5.74) is 14.0. The van der Waals surface area contributed by atoms with Crippen LogP contribution in [0.3, 0.4) is 0 Å². The number of fused-ring (bicyclic) bond motifs is 2. The maximum Gasteiger partial charge on any atom is 0.163 e. The fraction of sp³-hybridized carbons (Fsp3) is 0.462. The molecule has 0 amide bonds. The number of dihydropyridines is 1. The second-order valence-electron chi connectivity index (χ2n) is 17.7. The van der Waals surface area contributed by atoms with Crippen molar-refractivity contribution in [1.82, 2.24) is 16.0 Å². The molecule has 0 bridgehead atoms. The summed E-state index contributed by atoms with van der Waals surface area (Å²) in [5.74, 6) is 2.57. The van der Waals surface area contributed by atoms with E-state index in [9.17, 15) is 19.8 Å². The maximum absolute atomic E-state index is 13.4. The highest BCUT2D eigenvalue weighted by atomic mass is 16.5. The van der Waals surface area contributed by atoms with E-state index in [-0.39, 0.29) is 35.7 Å². The Balaban J connectivity index is 0.949. The summed E-state index contributed by atoms with van der Waals surface area (Å²) in [4.78, 5) is 26.5. The number of phenols is 1. The Morgan fingerprint density at radius 2 is 1.72 bits per heavy atom. The van der Waals surface area contributed by atoms with E-state index in [2.05, 4.69) is 76.6 Å². The molecule has 7 rings (SSSR count). The molecule has 61 heavy (non-hydrogen) atoms. The molecule has 9 nitrogen and oxygen atoms in total. The minimum absolute atomic E-state index is 0.0373. The van der Waals surface area contributed by atoms with E-state index >= 15 is 0 Å². The van der Waals surface area contributed by atoms with Gasteiger partial charge in [0.2, 0.25) is 0 Å². The van der Waals surface area contributed by atoms with E-state index in [0.717, 1.165) is 93.1 Å². The molecule has 0 spiro atoms. The van der Waals surface area contributed by atoms with Crippen LogP contribution in [0, 0.1) is 23.7 Å². The standard InChI is InChI=1S/C52H66N4O5/c1-61-50-31-48(43(34-57)27-45(59)30-44(58)15-6-3-7-16-47-46-21-23-54-32-42(46)25-39-14-9-22-55-52(39)47)40(28-49(50)60)26-41-33-56-51(53)29-38(41)20-19-37-13-8-12-36(24-37)18-17-35-10-4-2-5-11-35/h2,4-5,8-14,24,27-29,31,33,39,42,46-47,51-52,54-57,60H,3,6-7,15-23,25-26,30,32,34,53H2,1H3/b43-27+/t39-,42+,46-,47+,51?,52+/m0/s1. The van der Waals surface area contributed by atoms with Crippen LogP contribution in [0.15, 0.2) is 108 Å². The summed E-state index contributed by atoms with van der Waals surface area (Å²) in [6, 6.07) is 23.2. The zero-order valence-corrected chi connectivity index (χ0v) is 35.9. The number of aliphatic hydroxyl groups excluding tert-OH is 1. The summed E-state index contributed by atoms with van der Waals surface area (Å²) in [5, 5.41) is 32.2. The normalized spacial score (nSPS) is 23.6. The van der Waals surface area contributed by atoms with Crippen molar-refractivity contribution in [3.63, 3.8) is 0 Å². The van der Waals surface area contributed by atoms with Gasteiger partial charge in [0.05, 0.1) is 26.3 Å². The van der Waals surface area contributed by atoms with Crippen LogP contribution < -0.4 is 26.4 Å². The third kappa shape index (κ3) is 12.0. The number of hydrogen-bond donors (Lipinski definition) is 6. The number of allylic oxidation sites excluding steroid dienone is 3. The molecule has 6 atom stereocenters. The number of nitrogens with one attached hydrogen (secondary N) is 3. The Hall–Kier alpha value is -4.80. The van der Waals surface area contributed by atoms with Crippen LogP contribution in [-0.4, -0.2) is 67.3 Å². The first-order valence-corrected chi connectivity index (χ1v) is 22.7. The van der Waals surface area contributed by atoms with Gasteiger partial charge < -0.3 is 36.6 Å². The van der Waals surface area contributed by atoms with Gasteiger partial charge in [-0.3, -0.25) is 9.59 Å². The third-order valence-electron chi connectivity index (χ3n) is 13.5. The number of ether oxygens (including phenoxy) is 1. The van der Waals surface area contributed by atoms with Crippen molar-refractivity contribution in [3.8, 4) is 11.5 Å². The topological polar surface area (TPSA) is 146 Å². The van der Waals surface area contributed by atoms with Crippen LogP contribution in [0.4, 0.5) is 0 Å². The maximum atomic E-state index is 13.4. The van der Waals surface area contributed by atoms with Gasteiger partial charge in [0.1, 0.15) is 5.78 Å². The number of ketones is 2. The molecular weight excluding hydrogens is 761 g/mol. The molecule has 3 aliphatic heterocycles. The van der Waals surface area contributed by atoms with Crippen molar-refractivity contribution in [1.29, 1.82) is 0 Å². The number of carbonyl (C=O) groups excluding carboxylic acids is 2. The van der Waals surface area contributed by atoms with E-state index < -0.39 is 6.61 Å². The van der Waals surface area contributed by atoms with Crippen LogP contribution in [-0.2, 0) is 35.3 Å². The summed E-state index contributed by atoms with van der Waals surface area (Å²) >= 11 is 0. The van der Waals surface area contributed by atoms with Crippen molar-refractivity contribution in [3.05, 3.63) is 136 Å². The van der Waals surface area contributed by atoms with E-state index in [1.807, 2.05) is 18.3 Å². The number of aliphatic hydroxyl groups is 1. The zero-order valence-electron chi connectivity index (χ0n) is 35.9. The number of carbonyl (C=O) groups is 2. The first-order valence-electron chi connectivity index (χ1n) is 22.7. The Kier molecular flexibility index (Phi) is 15.8. The number of unbranched alkanes of at least 4 members (excludes halogenated alkanes) is 2. The number of piperidine rings is 1. The molecule has 324 valence electrons. The fourth-order valence-corrected chi connectivity index (χ4v) is 10.5. The van der Waals surface area contributed by atoms with Crippen molar-refractivity contribution in [2.24, 2.45) is 29.4 Å². The van der Waals surface area contributed by atoms with Gasteiger partial charge in [0.15, 0.2) is 17.3 Å². The van der Waals surface area contributed by atoms with Crippen LogP contribution in [0.25, 0.3) is 5.57 Å². The monoisotopic (exact) mass is 827 g/mol. The van der Waals surface area contributed by atoms with Gasteiger partial charge in [-0.05, 0) is 163 Å². The summed E-state index contributed by atoms with van der Waals surface area (Å²) in [6.07, 6.45) is 20.4. The molecule has 1 saturated heterocycles.